The summed E-state index contributed by atoms with van der Waals surface area (Å²) in [5.74, 6) is -0.0342. The van der Waals surface area contributed by atoms with Crippen molar-refractivity contribution in [2.45, 2.75) is 25.8 Å². The van der Waals surface area contributed by atoms with E-state index in [1.165, 1.54) is 0 Å². The van der Waals surface area contributed by atoms with Gasteiger partial charge in [0.15, 0.2) is 0 Å². The molecule has 1 amide bonds. The van der Waals surface area contributed by atoms with E-state index in [1.807, 2.05) is 11.9 Å². The molecule has 0 atom stereocenters. The first-order valence-corrected chi connectivity index (χ1v) is 7.10. The maximum absolute atomic E-state index is 12.4. The molecule has 0 unspecified atom stereocenters. The lowest BCUT2D eigenvalue weighted by Gasteiger charge is -2.36. The minimum atomic E-state index is -0.0342. The molecule has 1 aromatic rings. The molecule has 0 radical (unpaired) electrons. The largest absolute Gasteiger partial charge is 0.339 e. The number of hydrogen-bond donors (Lipinski definition) is 0. The van der Waals surface area contributed by atoms with E-state index in [2.05, 4.69) is 16.8 Å². The van der Waals surface area contributed by atoms with Crippen LogP contribution in [0.3, 0.4) is 0 Å². The highest BCUT2D eigenvalue weighted by Crippen LogP contribution is 2.20. The number of carbonyl (C=O) groups is 1. The van der Waals surface area contributed by atoms with Gasteiger partial charge in [-0.05, 0) is 25.5 Å². The monoisotopic (exact) mass is 281 g/mol. The second-order valence-corrected chi connectivity index (χ2v) is 5.34. The minimum absolute atomic E-state index is 0.0342. The minimum Gasteiger partial charge on any atom is -0.339 e. The molecule has 1 aliphatic heterocycles. The lowest BCUT2D eigenvalue weighted by molar-refractivity contribution is 0.0646. The van der Waals surface area contributed by atoms with Gasteiger partial charge in [0.25, 0.3) is 5.91 Å². The number of rotatable bonds is 3. The highest BCUT2D eigenvalue weighted by Gasteiger charge is 2.26. The number of aromatic nitrogens is 1. The molecule has 2 rings (SSSR count). The Hall–Kier alpha value is -1.13. The van der Waals surface area contributed by atoms with Crippen LogP contribution in [0.25, 0.3) is 0 Å². The molecule has 104 valence electrons. The van der Waals surface area contributed by atoms with E-state index < -0.39 is 0 Å². The van der Waals surface area contributed by atoms with Gasteiger partial charge in [-0.15, -0.1) is 0 Å². The lowest BCUT2D eigenvalue weighted by Crippen LogP contribution is -2.45. The fourth-order valence-electron chi connectivity index (χ4n) is 2.51. The molecule has 0 N–H and O–H groups in total. The van der Waals surface area contributed by atoms with Gasteiger partial charge in [-0.1, -0.05) is 18.5 Å². The van der Waals surface area contributed by atoms with Crippen LogP contribution in [0.15, 0.2) is 18.5 Å². The summed E-state index contributed by atoms with van der Waals surface area (Å²) in [6, 6.07) is 1.95. The third-order valence-corrected chi connectivity index (χ3v) is 4.20. The van der Waals surface area contributed by atoms with Gasteiger partial charge in [-0.3, -0.25) is 9.78 Å². The van der Waals surface area contributed by atoms with Crippen molar-refractivity contribution in [1.29, 1.82) is 0 Å². The summed E-state index contributed by atoms with van der Waals surface area (Å²) in [6.45, 7) is 5.36. The predicted molar refractivity (Wildman–Crippen MR) is 76.5 cm³/mol. The Morgan fingerprint density at radius 1 is 1.53 bits per heavy atom. The Kier molecular flexibility index (Phi) is 4.77. The molecule has 19 heavy (non-hydrogen) atoms. The Labute approximate surface area is 119 Å². The SMILES string of the molecule is CCN1CCC(N(C)C(=O)c2cnccc2Cl)CC1. The number of piperidine rings is 1. The molecular formula is C14H20ClN3O. The van der Waals surface area contributed by atoms with Crippen LogP contribution in [-0.4, -0.2) is 53.4 Å². The standard InChI is InChI=1S/C14H20ClN3O/c1-3-18-8-5-11(6-9-18)17(2)14(19)12-10-16-7-4-13(12)15/h4,7,10-11H,3,5-6,8-9H2,1-2H3. The molecule has 0 saturated carbocycles. The van der Waals surface area contributed by atoms with Gasteiger partial charge in [0, 0.05) is 38.6 Å². The fourth-order valence-corrected chi connectivity index (χ4v) is 2.70. The number of carbonyl (C=O) groups excluding carboxylic acids is 1. The van der Waals surface area contributed by atoms with Crippen LogP contribution in [0, 0.1) is 0 Å². The molecule has 0 bridgehead atoms. The molecule has 1 saturated heterocycles. The van der Waals surface area contributed by atoms with Gasteiger partial charge in [-0.2, -0.15) is 0 Å². The maximum atomic E-state index is 12.4. The molecule has 5 heteroatoms. The van der Waals surface area contributed by atoms with E-state index in [0.717, 1.165) is 32.5 Å². The third-order valence-electron chi connectivity index (χ3n) is 3.87. The van der Waals surface area contributed by atoms with Gasteiger partial charge in [-0.25, -0.2) is 0 Å². The average Bonchev–Trinajstić information content (AvgIpc) is 2.46. The molecular weight excluding hydrogens is 262 g/mol. The van der Waals surface area contributed by atoms with Crippen LogP contribution in [-0.2, 0) is 0 Å². The Balaban J connectivity index is 2.02. The highest BCUT2D eigenvalue weighted by atomic mass is 35.5. The molecule has 4 nitrogen and oxygen atoms in total. The van der Waals surface area contributed by atoms with Crippen molar-refractivity contribution in [1.82, 2.24) is 14.8 Å². The van der Waals surface area contributed by atoms with E-state index >= 15 is 0 Å². The van der Waals surface area contributed by atoms with Crippen LogP contribution in [0.1, 0.15) is 30.1 Å². The van der Waals surface area contributed by atoms with Crippen molar-refractivity contribution >= 4 is 17.5 Å². The van der Waals surface area contributed by atoms with Gasteiger partial charge in [0.2, 0.25) is 0 Å². The molecule has 0 aromatic carbocycles. The first-order valence-electron chi connectivity index (χ1n) is 6.72. The molecule has 2 heterocycles. The van der Waals surface area contributed by atoms with Crippen LogP contribution in [0.2, 0.25) is 5.02 Å². The first kappa shape index (κ1) is 14.3. The number of nitrogens with zero attached hydrogens (tertiary/aromatic N) is 3. The van der Waals surface area contributed by atoms with Crippen molar-refractivity contribution < 1.29 is 4.79 Å². The van der Waals surface area contributed by atoms with Gasteiger partial charge in [0.05, 0.1) is 10.6 Å². The van der Waals surface area contributed by atoms with E-state index in [-0.39, 0.29) is 5.91 Å². The second-order valence-electron chi connectivity index (χ2n) is 4.94. The Morgan fingerprint density at radius 2 is 2.21 bits per heavy atom. The number of halogens is 1. The van der Waals surface area contributed by atoms with E-state index in [1.54, 1.807) is 18.5 Å². The summed E-state index contributed by atoms with van der Waals surface area (Å²) in [5.41, 5.74) is 0.490. The van der Waals surface area contributed by atoms with Crippen LogP contribution < -0.4 is 0 Å². The fraction of sp³-hybridized carbons (Fsp3) is 0.571. The van der Waals surface area contributed by atoms with E-state index in [4.69, 9.17) is 11.6 Å². The van der Waals surface area contributed by atoms with Crippen LogP contribution in [0.5, 0.6) is 0 Å². The van der Waals surface area contributed by atoms with Crippen molar-refractivity contribution in [3.05, 3.63) is 29.0 Å². The quantitative estimate of drug-likeness (QED) is 0.853. The third kappa shape index (κ3) is 3.25. The highest BCUT2D eigenvalue weighted by molar-refractivity contribution is 6.33. The summed E-state index contributed by atoms with van der Waals surface area (Å²) in [7, 11) is 1.86. The van der Waals surface area contributed by atoms with Crippen LogP contribution >= 0.6 is 11.6 Å². The van der Waals surface area contributed by atoms with Crippen molar-refractivity contribution in [3.8, 4) is 0 Å². The molecule has 0 aliphatic carbocycles. The number of hydrogen-bond acceptors (Lipinski definition) is 3. The summed E-state index contributed by atoms with van der Waals surface area (Å²) >= 11 is 6.05. The zero-order chi connectivity index (χ0) is 13.8. The van der Waals surface area contributed by atoms with Gasteiger partial charge >= 0.3 is 0 Å². The Bertz CT molecular complexity index is 444. The smallest absolute Gasteiger partial charge is 0.256 e. The second kappa shape index (κ2) is 6.35. The molecule has 0 spiro atoms. The van der Waals surface area contributed by atoms with E-state index in [9.17, 15) is 4.79 Å². The summed E-state index contributed by atoms with van der Waals surface area (Å²) in [6.07, 6.45) is 5.18. The molecule has 1 fully saturated rings. The van der Waals surface area contributed by atoms with Crippen molar-refractivity contribution in [3.63, 3.8) is 0 Å². The number of amides is 1. The first-order chi connectivity index (χ1) is 9.13. The van der Waals surface area contributed by atoms with Gasteiger partial charge in [0.1, 0.15) is 0 Å². The van der Waals surface area contributed by atoms with Crippen LogP contribution in [0.4, 0.5) is 0 Å². The zero-order valence-corrected chi connectivity index (χ0v) is 12.2. The predicted octanol–water partition coefficient (Wildman–Crippen LogP) is 2.29. The topological polar surface area (TPSA) is 36.4 Å². The summed E-state index contributed by atoms with van der Waals surface area (Å²) in [5, 5.41) is 0.470. The number of pyridine rings is 1. The zero-order valence-electron chi connectivity index (χ0n) is 11.5. The van der Waals surface area contributed by atoms with Gasteiger partial charge < -0.3 is 9.80 Å². The van der Waals surface area contributed by atoms with Crippen molar-refractivity contribution in [2.75, 3.05) is 26.7 Å². The van der Waals surface area contributed by atoms with E-state index in [0.29, 0.717) is 16.6 Å². The summed E-state index contributed by atoms with van der Waals surface area (Å²) in [4.78, 5) is 20.6. The lowest BCUT2D eigenvalue weighted by atomic mass is 10.0. The normalized spacial score (nSPS) is 17.4. The average molecular weight is 282 g/mol. The molecule has 1 aromatic heterocycles. The summed E-state index contributed by atoms with van der Waals surface area (Å²) < 4.78 is 0. The number of likely N-dealkylation sites (tertiary alicyclic amines) is 1. The maximum Gasteiger partial charge on any atom is 0.256 e. The Morgan fingerprint density at radius 3 is 2.79 bits per heavy atom. The molecule has 1 aliphatic rings. The van der Waals surface area contributed by atoms with Crippen molar-refractivity contribution in [2.24, 2.45) is 0 Å².